The fourth-order valence-electron chi connectivity index (χ4n) is 2.26. The molecule has 0 saturated carbocycles. The molecular formula is C17H21F3NO7P2-3. The lowest BCUT2D eigenvalue weighted by Crippen LogP contribution is -2.19. The number of rotatable bonds is 11. The maximum atomic E-state index is 13.0. The van der Waals surface area contributed by atoms with Crippen LogP contribution in [0.5, 0.6) is 0 Å². The number of phosphoric acid groups is 2. The van der Waals surface area contributed by atoms with E-state index in [1.165, 1.54) is 24.3 Å². The Morgan fingerprint density at radius 3 is 2.33 bits per heavy atom. The Morgan fingerprint density at radius 1 is 1.10 bits per heavy atom. The summed E-state index contributed by atoms with van der Waals surface area (Å²) in [7, 11) is -11.0. The van der Waals surface area contributed by atoms with Gasteiger partial charge in [0.15, 0.2) is 0 Å². The standard InChI is InChI=1S/C17H24F3NO7P2/c1-13(10-11-27-30(25,26)28-29(22,23)24)6-5-7-14(2)12-21-16-9-4-3-8-15(16)17(18,19)20/h3-4,7-10,21H,5-6,11-12H2,1-2H3,(H,25,26)(H2,22,23,24)/p-3/b13-10+,14-7+. The lowest BCUT2D eigenvalue weighted by Gasteiger charge is -2.34. The summed E-state index contributed by atoms with van der Waals surface area (Å²) in [6.45, 7) is 3.12. The van der Waals surface area contributed by atoms with Crippen molar-refractivity contribution in [2.45, 2.75) is 32.9 Å². The third-order valence-electron chi connectivity index (χ3n) is 3.69. The summed E-state index contributed by atoms with van der Waals surface area (Å²) in [5.41, 5.74) is 0.745. The quantitative estimate of drug-likeness (QED) is 0.385. The SMILES string of the molecule is C/C(=C\COP(=O)([O-])OP(=O)([O-])[O-])CC/C=C(\C)CNc1ccccc1C(F)(F)F. The van der Waals surface area contributed by atoms with Crippen LogP contribution >= 0.6 is 15.6 Å². The monoisotopic (exact) mass is 470 g/mol. The summed E-state index contributed by atoms with van der Waals surface area (Å²) >= 11 is 0. The second-order valence-corrected chi connectivity index (χ2v) is 9.01. The van der Waals surface area contributed by atoms with Gasteiger partial charge in [0.05, 0.1) is 20.0 Å². The molecule has 1 unspecified atom stereocenters. The largest absolute Gasteiger partial charge is 0.790 e. The van der Waals surface area contributed by atoms with Crippen LogP contribution in [0.2, 0.25) is 0 Å². The average molecular weight is 470 g/mol. The maximum Gasteiger partial charge on any atom is 0.418 e. The van der Waals surface area contributed by atoms with E-state index in [9.17, 15) is 37.0 Å². The first-order chi connectivity index (χ1) is 13.7. The van der Waals surface area contributed by atoms with Gasteiger partial charge < -0.3 is 29.1 Å². The van der Waals surface area contributed by atoms with Crippen LogP contribution in [0.25, 0.3) is 0 Å². The maximum absolute atomic E-state index is 13.0. The topological polar surface area (TPSA) is 134 Å². The van der Waals surface area contributed by atoms with Gasteiger partial charge in [-0.1, -0.05) is 35.4 Å². The number of benzene rings is 1. The van der Waals surface area contributed by atoms with Gasteiger partial charge in [0.1, 0.15) is 0 Å². The molecule has 0 aliphatic carbocycles. The van der Waals surface area contributed by atoms with E-state index < -0.39 is 34.0 Å². The molecule has 0 heterocycles. The highest BCUT2D eigenvalue weighted by Crippen LogP contribution is 2.50. The zero-order valence-corrected chi connectivity index (χ0v) is 18.0. The molecule has 1 N–H and O–H groups in total. The highest BCUT2D eigenvalue weighted by Gasteiger charge is 2.32. The van der Waals surface area contributed by atoms with E-state index in [0.717, 1.165) is 11.6 Å². The molecule has 0 saturated heterocycles. The van der Waals surface area contributed by atoms with Gasteiger partial charge in [-0.25, -0.2) is 0 Å². The molecule has 0 aromatic heterocycles. The molecule has 1 aromatic rings. The summed E-state index contributed by atoms with van der Waals surface area (Å²) in [6.07, 6.45) is -0.254. The lowest BCUT2D eigenvalue weighted by molar-refractivity contribution is -0.339. The van der Waals surface area contributed by atoms with Gasteiger partial charge in [-0.2, -0.15) is 13.2 Å². The summed E-state index contributed by atoms with van der Waals surface area (Å²) in [5.74, 6) is 0. The van der Waals surface area contributed by atoms with Crippen molar-refractivity contribution in [3.05, 3.63) is 53.1 Å². The number of phosphoric ester groups is 1. The first kappa shape index (κ1) is 26.6. The van der Waals surface area contributed by atoms with Crippen molar-refractivity contribution in [3.8, 4) is 0 Å². The number of allylic oxidation sites excluding steroid dienone is 2. The van der Waals surface area contributed by atoms with Crippen LogP contribution < -0.4 is 20.0 Å². The second-order valence-electron chi connectivity index (χ2n) is 6.31. The molecular weight excluding hydrogens is 449 g/mol. The lowest BCUT2D eigenvalue weighted by atomic mass is 10.1. The predicted octanol–water partition coefficient (Wildman–Crippen LogP) is 3.12. The predicted molar refractivity (Wildman–Crippen MR) is 98.9 cm³/mol. The molecule has 0 aliphatic heterocycles. The van der Waals surface area contributed by atoms with E-state index in [1.807, 2.05) is 6.08 Å². The van der Waals surface area contributed by atoms with E-state index in [1.54, 1.807) is 13.8 Å². The molecule has 1 aromatic carbocycles. The smallest absolute Gasteiger partial charge is 0.418 e. The number of para-hydroxylation sites is 1. The van der Waals surface area contributed by atoms with Gasteiger partial charge in [0.25, 0.3) is 7.82 Å². The average Bonchev–Trinajstić information content (AvgIpc) is 2.57. The molecule has 0 bridgehead atoms. The number of hydrogen-bond donors (Lipinski definition) is 1. The van der Waals surface area contributed by atoms with E-state index >= 15 is 0 Å². The minimum atomic E-state index is -5.72. The van der Waals surface area contributed by atoms with Crippen molar-refractivity contribution in [2.75, 3.05) is 18.5 Å². The van der Waals surface area contributed by atoms with E-state index in [4.69, 9.17) is 0 Å². The van der Waals surface area contributed by atoms with Gasteiger partial charge in [0.2, 0.25) is 0 Å². The molecule has 0 spiro atoms. The van der Waals surface area contributed by atoms with Gasteiger partial charge in [-0.15, -0.1) is 0 Å². The van der Waals surface area contributed by atoms with E-state index in [-0.39, 0.29) is 12.2 Å². The summed E-state index contributed by atoms with van der Waals surface area (Å²) in [5, 5.41) is 2.75. The molecule has 1 atom stereocenters. The van der Waals surface area contributed by atoms with Crippen molar-refractivity contribution < 1.29 is 45.8 Å². The van der Waals surface area contributed by atoms with Gasteiger partial charge >= 0.3 is 6.18 Å². The Hall–Kier alpha value is -1.45. The molecule has 13 heteroatoms. The number of hydrogen-bond acceptors (Lipinski definition) is 8. The molecule has 8 nitrogen and oxygen atoms in total. The molecule has 0 radical (unpaired) electrons. The zero-order valence-electron chi connectivity index (χ0n) is 16.2. The Bertz CT molecular complexity index is 865. The van der Waals surface area contributed by atoms with Crippen LogP contribution in [0, 0.1) is 0 Å². The van der Waals surface area contributed by atoms with Crippen LogP contribution in [0.4, 0.5) is 18.9 Å². The molecule has 30 heavy (non-hydrogen) atoms. The first-order valence-electron chi connectivity index (χ1n) is 8.60. The van der Waals surface area contributed by atoms with Gasteiger partial charge in [0, 0.05) is 12.2 Å². The van der Waals surface area contributed by atoms with Crippen molar-refractivity contribution in [2.24, 2.45) is 0 Å². The number of anilines is 1. The normalized spacial score (nSPS) is 15.7. The minimum absolute atomic E-state index is 0.0176. The zero-order chi connectivity index (χ0) is 23.0. The summed E-state index contributed by atoms with van der Waals surface area (Å²) in [4.78, 5) is 31.7. The summed E-state index contributed by atoms with van der Waals surface area (Å²) < 4.78 is 67.8. The Kier molecular flexibility index (Phi) is 9.97. The van der Waals surface area contributed by atoms with Crippen LogP contribution in [0.1, 0.15) is 32.3 Å². The highest BCUT2D eigenvalue weighted by molar-refractivity contribution is 7.58. The van der Waals surface area contributed by atoms with Crippen molar-refractivity contribution in [1.29, 1.82) is 0 Å². The number of halogens is 3. The van der Waals surface area contributed by atoms with Gasteiger partial charge in [-0.05, 0) is 38.8 Å². The van der Waals surface area contributed by atoms with Crippen molar-refractivity contribution >= 4 is 21.3 Å². The molecule has 170 valence electrons. The minimum Gasteiger partial charge on any atom is -0.790 e. The molecule has 1 rings (SSSR count). The van der Waals surface area contributed by atoms with Crippen LogP contribution in [0.3, 0.4) is 0 Å². The van der Waals surface area contributed by atoms with Crippen molar-refractivity contribution in [1.82, 2.24) is 0 Å². The van der Waals surface area contributed by atoms with Crippen LogP contribution in [0.15, 0.2) is 47.6 Å². The van der Waals surface area contributed by atoms with Crippen LogP contribution in [-0.4, -0.2) is 13.2 Å². The van der Waals surface area contributed by atoms with E-state index in [2.05, 4.69) is 14.2 Å². The second kappa shape index (κ2) is 11.2. The third-order valence-corrected chi connectivity index (χ3v) is 5.75. The Balaban J connectivity index is 2.48. The fraction of sp³-hybridized carbons (Fsp3) is 0.412. The molecule has 0 aliphatic rings. The Morgan fingerprint density at radius 2 is 1.73 bits per heavy atom. The number of alkyl halides is 3. The first-order valence-corrected chi connectivity index (χ1v) is 11.5. The Labute approximate surface area is 172 Å². The van der Waals surface area contributed by atoms with E-state index in [0.29, 0.717) is 18.4 Å². The molecule has 0 amide bonds. The third kappa shape index (κ3) is 11.1. The van der Waals surface area contributed by atoms with Crippen LogP contribution in [-0.2, 0) is 24.1 Å². The van der Waals surface area contributed by atoms with Crippen molar-refractivity contribution in [3.63, 3.8) is 0 Å². The number of nitrogens with one attached hydrogen (secondary N) is 1. The van der Waals surface area contributed by atoms with Gasteiger partial charge in [-0.3, -0.25) is 8.88 Å². The summed E-state index contributed by atoms with van der Waals surface area (Å²) in [6, 6.07) is 5.16. The fourth-order valence-corrected chi connectivity index (χ4v) is 3.68. The highest BCUT2D eigenvalue weighted by atomic mass is 31.3. The molecule has 0 fully saturated rings.